The number of carbonyl (C=O) groups excluding carboxylic acids is 1. The second-order valence-electron chi connectivity index (χ2n) is 8.51. The predicted octanol–water partition coefficient (Wildman–Crippen LogP) is 2.28. The van der Waals surface area contributed by atoms with Crippen LogP contribution < -0.4 is 16.0 Å². The summed E-state index contributed by atoms with van der Waals surface area (Å²) in [7, 11) is 6.05. The number of hydrogen-bond donors (Lipinski definition) is 3. The van der Waals surface area contributed by atoms with Gasteiger partial charge in [-0.15, -0.1) is 24.0 Å². The number of carbonyl (C=O) groups is 1. The number of aliphatic imine (C=N–C) groups is 1. The van der Waals surface area contributed by atoms with E-state index in [1.54, 1.807) is 0 Å². The van der Waals surface area contributed by atoms with Gasteiger partial charge in [-0.05, 0) is 54.1 Å². The first-order valence-electron chi connectivity index (χ1n) is 10.8. The van der Waals surface area contributed by atoms with Crippen molar-refractivity contribution < 1.29 is 4.79 Å². The molecule has 0 aliphatic heterocycles. The van der Waals surface area contributed by atoms with Crippen molar-refractivity contribution in [3.05, 3.63) is 18.0 Å². The molecule has 1 aromatic heterocycles. The summed E-state index contributed by atoms with van der Waals surface area (Å²) < 4.78 is 1.82. The van der Waals surface area contributed by atoms with Crippen molar-refractivity contribution in [2.45, 2.75) is 64.6 Å². The number of hydrogen-bond acceptors (Lipinski definition) is 4. The van der Waals surface area contributed by atoms with Crippen LogP contribution in [0.4, 0.5) is 0 Å². The van der Waals surface area contributed by atoms with Crippen LogP contribution in [0.25, 0.3) is 0 Å². The van der Waals surface area contributed by atoms with Crippen LogP contribution in [0.1, 0.15) is 58.1 Å². The molecule has 0 radical (unpaired) electrons. The molecule has 0 aromatic carbocycles. The van der Waals surface area contributed by atoms with Crippen molar-refractivity contribution in [1.29, 1.82) is 0 Å². The minimum Gasteiger partial charge on any atom is -0.357 e. The van der Waals surface area contributed by atoms with E-state index < -0.39 is 0 Å². The molecule has 0 saturated heterocycles. The van der Waals surface area contributed by atoms with Gasteiger partial charge in [-0.1, -0.05) is 6.42 Å². The molecule has 1 saturated carbocycles. The van der Waals surface area contributed by atoms with Gasteiger partial charge in [0.05, 0.1) is 18.8 Å². The van der Waals surface area contributed by atoms with Gasteiger partial charge in [-0.2, -0.15) is 5.10 Å². The van der Waals surface area contributed by atoms with Crippen molar-refractivity contribution in [2.24, 2.45) is 18.0 Å². The van der Waals surface area contributed by atoms with Crippen molar-refractivity contribution in [2.75, 3.05) is 27.2 Å². The minimum atomic E-state index is 0. The van der Waals surface area contributed by atoms with E-state index in [9.17, 15) is 4.79 Å². The first kappa shape index (κ1) is 26.7. The maximum Gasteiger partial charge on any atom is 0.223 e. The third-order valence-electron chi connectivity index (χ3n) is 5.32. The maximum atomic E-state index is 12.4. The molecule has 2 rings (SSSR count). The number of nitrogens with one attached hydrogen (secondary N) is 3. The van der Waals surface area contributed by atoms with Crippen LogP contribution in [0.2, 0.25) is 0 Å². The van der Waals surface area contributed by atoms with Crippen LogP contribution in [0.3, 0.4) is 0 Å². The Morgan fingerprint density at radius 2 is 2.10 bits per heavy atom. The number of amides is 1. The van der Waals surface area contributed by atoms with Gasteiger partial charge in [-0.25, -0.2) is 0 Å². The molecular formula is C21H40IN7O. The van der Waals surface area contributed by atoms with Gasteiger partial charge < -0.3 is 20.9 Å². The molecule has 9 heteroatoms. The van der Waals surface area contributed by atoms with Crippen molar-refractivity contribution in [1.82, 2.24) is 30.6 Å². The average Bonchev–Trinajstić information content (AvgIpc) is 3.07. The first-order chi connectivity index (χ1) is 13.8. The zero-order valence-corrected chi connectivity index (χ0v) is 21.6. The Hall–Kier alpha value is -1.36. The van der Waals surface area contributed by atoms with Crippen LogP contribution >= 0.6 is 24.0 Å². The standard InChI is InChI=1S/C21H39N7O.HI/c1-7-22-21(23-13-19(27(4)5)17-12-24-28(6)14-17)26-18-10-8-9-16(11-18)20(29)25-15(2)3;/h12,14-16,18-19H,7-11,13H2,1-6H3,(H,25,29)(H2,22,23,26);1H. The molecule has 3 atom stereocenters. The molecule has 3 N–H and O–H groups in total. The summed E-state index contributed by atoms with van der Waals surface area (Å²) in [5.74, 6) is 1.08. The largest absolute Gasteiger partial charge is 0.357 e. The average molecular weight is 534 g/mol. The highest BCUT2D eigenvalue weighted by molar-refractivity contribution is 14.0. The van der Waals surface area contributed by atoms with E-state index in [0.29, 0.717) is 6.54 Å². The number of rotatable bonds is 8. The highest BCUT2D eigenvalue weighted by atomic mass is 127. The fourth-order valence-electron chi connectivity index (χ4n) is 3.83. The topological polar surface area (TPSA) is 86.6 Å². The van der Waals surface area contributed by atoms with Gasteiger partial charge in [0.25, 0.3) is 0 Å². The van der Waals surface area contributed by atoms with Gasteiger partial charge in [-0.3, -0.25) is 14.5 Å². The molecule has 3 unspecified atom stereocenters. The van der Waals surface area contributed by atoms with Crippen LogP contribution in [0.5, 0.6) is 0 Å². The van der Waals surface area contributed by atoms with Gasteiger partial charge in [0, 0.05) is 43.4 Å². The van der Waals surface area contributed by atoms with E-state index in [1.807, 2.05) is 38.0 Å². The Morgan fingerprint density at radius 1 is 1.37 bits per heavy atom. The maximum absolute atomic E-state index is 12.4. The Labute approximate surface area is 198 Å². The van der Waals surface area contributed by atoms with Crippen molar-refractivity contribution >= 4 is 35.8 Å². The van der Waals surface area contributed by atoms with E-state index in [0.717, 1.165) is 43.8 Å². The van der Waals surface area contributed by atoms with Gasteiger partial charge in [0.15, 0.2) is 5.96 Å². The van der Waals surface area contributed by atoms with Gasteiger partial charge in [0.2, 0.25) is 5.91 Å². The smallest absolute Gasteiger partial charge is 0.223 e. The van der Waals surface area contributed by atoms with Crippen LogP contribution in [-0.4, -0.2) is 65.8 Å². The fraction of sp³-hybridized carbons (Fsp3) is 0.762. The predicted molar refractivity (Wildman–Crippen MR) is 133 cm³/mol. The summed E-state index contributed by atoms with van der Waals surface area (Å²) in [5, 5.41) is 14.3. The number of halogens is 1. The number of aryl methyl sites for hydroxylation is 1. The van der Waals surface area contributed by atoms with Gasteiger partial charge >= 0.3 is 0 Å². The van der Waals surface area contributed by atoms with E-state index in [4.69, 9.17) is 4.99 Å². The number of aromatic nitrogens is 2. The second kappa shape index (κ2) is 13.1. The highest BCUT2D eigenvalue weighted by Gasteiger charge is 2.28. The molecular weight excluding hydrogens is 493 g/mol. The molecule has 1 aromatic rings. The molecule has 172 valence electrons. The lowest BCUT2D eigenvalue weighted by Crippen LogP contribution is -2.47. The van der Waals surface area contributed by atoms with E-state index in [2.05, 4.69) is 47.0 Å². The van der Waals surface area contributed by atoms with Crippen molar-refractivity contribution in [3.8, 4) is 0 Å². The summed E-state index contributed by atoms with van der Waals surface area (Å²) >= 11 is 0. The summed E-state index contributed by atoms with van der Waals surface area (Å²) in [5.41, 5.74) is 1.15. The highest BCUT2D eigenvalue weighted by Crippen LogP contribution is 2.25. The summed E-state index contributed by atoms with van der Waals surface area (Å²) in [6.07, 6.45) is 7.88. The Kier molecular flexibility index (Phi) is 11.7. The van der Waals surface area contributed by atoms with Crippen LogP contribution in [0, 0.1) is 5.92 Å². The van der Waals surface area contributed by atoms with E-state index >= 15 is 0 Å². The normalized spacial score (nSPS) is 20.6. The number of likely N-dealkylation sites (N-methyl/N-ethyl adjacent to an activating group) is 1. The summed E-state index contributed by atoms with van der Waals surface area (Å²) in [6.45, 7) is 7.53. The molecule has 8 nitrogen and oxygen atoms in total. The molecule has 0 spiro atoms. The molecule has 1 amide bonds. The first-order valence-corrected chi connectivity index (χ1v) is 10.8. The molecule has 1 heterocycles. The zero-order valence-electron chi connectivity index (χ0n) is 19.3. The number of guanidine groups is 1. The lowest BCUT2D eigenvalue weighted by atomic mass is 9.85. The van der Waals surface area contributed by atoms with Gasteiger partial charge in [0.1, 0.15) is 0 Å². The third-order valence-corrected chi connectivity index (χ3v) is 5.32. The molecule has 1 aliphatic carbocycles. The van der Waals surface area contributed by atoms with Crippen molar-refractivity contribution in [3.63, 3.8) is 0 Å². The molecule has 0 bridgehead atoms. The summed E-state index contributed by atoms with van der Waals surface area (Å²) in [6, 6.07) is 0.612. The molecule has 1 aliphatic rings. The zero-order chi connectivity index (χ0) is 21.4. The summed E-state index contributed by atoms with van der Waals surface area (Å²) in [4.78, 5) is 19.4. The van der Waals surface area contributed by atoms with Crippen LogP contribution in [0.15, 0.2) is 17.4 Å². The Morgan fingerprint density at radius 3 is 2.67 bits per heavy atom. The third kappa shape index (κ3) is 8.41. The fourth-order valence-corrected chi connectivity index (χ4v) is 3.83. The molecule has 30 heavy (non-hydrogen) atoms. The molecule has 1 fully saturated rings. The second-order valence-corrected chi connectivity index (χ2v) is 8.51. The number of nitrogens with zero attached hydrogens (tertiary/aromatic N) is 4. The lowest BCUT2D eigenvalue weighted by Gasteiger charge is -2.31. The van der Waals surface area contributed by atoms with E-state index in [1.165, 1.54) is 0 Å². The SMILES string of the molecule is CCNC(=NCC(c1cnn(C)c1)N(C)C)NC1CCCC(C(=O)NC(C)C)C1.I. The van der Waals surface area contributed by atoms with E-state index in [-0.39, 0.29) is 53.9 Å². The minimum absolute atomic E-state index is 0. The lowest BCUT2D eigenvalue weighted by molar-refractivity contribution is -0.126. The Bertz CT molecular complexity index is 674. The quantitative estimate of drug-likeness (QED) is 0.271. The monoisotopic (exact) mass is 533 g/mol. The Balaban J connectivity index is 0.00000450. The van der Waals surface area contributed by atoms with Crippen LogP contribution in [-0.2, 0) is 11.8 Å².